The number of hydrogen-bond acceptors (Lipinski definition) is 5. The third-order valence-corrected chi connectivity index (χ3v) is 6.57. The van der Waals surface area contributed by atoms with Gasteiger partial charge in [0.2, 0.25) is 5.91 Å². The van der Waals surface area contributed by atoms with Crippen LogP contribution in [0.5, 0.6) is 0 Å². The first-order chi connectivity index (χ1) is 15.8. The van der Waals surface area contributed by atoms with Crippen molar-refractivity contribution in [3.05, 3.63) is 46.9 Å². The molecule has 3 aliphatic rings. The van der Waals surface area contributed by atoms with Crippen LogP contribution in [0.25, 0.3) is 0 Å². The van der Waals surface area contributed by atoms with Gasteiger partial charge in [0.15, 0.2) is 0 Å². The average Bonchev–Trinajstić information content (AvgIpc) is 3.62. The van der Waals surface area contributed by atoms with Gasteiger partial charge in [-0.3, -0.25) is 14.6 Å². The molecule has 1 aromatic rings. The van der Waals surface area contributed by atoms with E-state index in [2.05, 4.69) is 10.2 Å². The van der Waals surface area contributed by atoms with Crippen molar-refractivity contribution in [2.45, 2.75) is 38.8 Å². The number of nitrogens with one attached hydrogen (secondary N) is 1. The van der Waals surface area contributed by atoms with Crippen molar-refractivity contribution in [3.63, 3.8) is 0 Å². The number of amides is 3. The molecule has 2 aliphatic heterocycles. The zero-order valence-corrected chi connectivity index (χ0v) is 19.3. The maximum absolute atomic E-state index is 13.5. The highest BCUT2D eigenvalue weighted by Crippen LogP contribution is 2.34. The number of benzene rings is 1. The summed E-state index contributed by atoms with van der Waals surface area (Å²) in [7, 11) is 1.63. The molecule has 3 amide bonds. The Bertz CT molecular complexity index is 960. The van der Waals surface area contributed by atoms with Gasteiger partial charge < -0.3 is 15.0 Å². The van der Waals surface area contributed by atoms with Crippen LogP contribution in [0.1, 0.15) is 38.3 Å². The standard InChI is InChI=1S/C24H31FN4O4/c1-4-33-23(31)20-19(14-28-11-12-29(15(2)13-28)22(30)17-5-6-17)27(3)24(32)26-21(20)16-7-9-18(25)10-8-16/h7-10,15,17,21H,4-6,11-14H2,1-3H3,(H,26,32)/t15-,21-/m1/s1. The molecule has 4 rings (SSSR count). The normalized spacial score (nSPS) is 24.1. The monoisotopic (exact) mass is 458 g/mol. The number of rotatable bonds is 6. The third kappa shape index (κ3) is 4.88. The predicted octanol–water partition coefficient (Wildman–Crippen LogP) is 2.28. The summed E-state index contributed by atoms with van der Waals surface area (Å²) in [6, 6.07) is 4.70. The fraction of sp³-hybridized carbons (Fsp3) is 0.542. The lowest BCUT2D eigenvalue weighted by Crippen LogP contribution is -2.56. The van der Waals surface area contributed by atoms with Crippen LogP contribution in [0.4, 0.5) is 9.18 Å². The molecule has 9 heteroatoms. The highest BCUT2D eigenvalue weighted by molar-refractivity contribution is 5.95. The Morgan fingerprint density at radius 2 is 1.88 bits per heavy atom. The summed E-state index contributed by atoms with van der Waals surface area (Å²) in [5.41, 5.74) is 1.50. The lowest BCUT2D eigenvalue weighted by atomic mass is 9.94. The first-order valence-electron chi connectivity index (χ1n) is 11.5. The van der Waals surface area contributed by atoms with Gasteiger partial charge >= 0.3 is 12.0 Å². The van der Waals surface area contributed by atoms with E-state index >= 15 is 0 Å². The summed E-state index contributed by atoms with van der Waals surface area (Å²) in [6.45, 7) is 6.25. The first kappa shape index (κ1) is 23.2. The van der Waals surface area contributed by atoms with E-state index in [1.165, 1.54) is 17.0 Å². The van der Waals surface area contributed by atoms with Crippen LogP contribution in [0.3, 0.4) is 0 Å². The SMILES string of the molecule is CCOC(=O)C1=C(CN2CCN(C(=O)C3CC3)[C@H](C)C2)N(C)C(=O)N[C@@H]1c1ccc(F)cc1. The lowest BCUT2D eigenvalue weighted by Gasteiger charge is -2.42. The van der Waals surface area contributed by atoms with Gasteiger partial charge in [0.25, 0.3) is 0 Å². The number of ether oxygens (including phenoxy) is 1. The largest absolute Gasteiger partial charge is 0.463 e. The zero-order valence-electron chi connectivity index (χ0n) is 19.3. The quantitative estimate of drug-likeness (QED) is 0.662. The second kappa shape index (κ2) is 9.51. The Hall–Kier alpha value is -2.94. The molecule has 1 aromatic carbocycles. The van der Waals surface area contributed by atoms with Gasteiger partial charge in [-0.25, -0.2) is 14.0 Å². The van der Waals surface area contributed by atoms with Crippen LogP contribution in [0.2, 0.25) is 0 Å². The number of nitrogens with zero attached hydrogens (tertiary/aromatic N) is 3. The molecule has 33 heavy (non-hydrogen) atoms. The molecule has 2 atom stereocenters. The van der Waals surface area contributed by atoms with Crippen molar-refractivity contribution in [2.24, 2.45) is 5.92 Å². The number of piperazine rings is 1. The molecule has 2 heterocycles. The van der Waals surface area contributed by atoms with Gasteiger partial charge in [0, 0.05) is 50.9 Å². The number of carbonyl (C=O) groups excluding carboxylic acids is 3. The molecule has 0 radical (unpaired) electrons. The van der Waals surface area contributed by atoms with E-state index in [9.17, 15) is 18.8 Å². The number of carbonyl (C=O) groups is 3. The van der Waals surface area contributed by atoms with Crippen molar-refractivity contribution in [2.75, 3.05) is 39.8 Å². The van der Waals surface area contributed by atoms with Gasteiger partial charge in [0.1, 0.15) is 5.82 Å². The van der Waals surface area contributed by atoms with Crippen LogP contribution in [0.15, 0.2) is 35.5 Å². The highest BCUT2D eigenvalue weighted by Gasteiger charge is 2.40. The van der Waals surface area contributed by atoms with Crippen molar-refractivity contribution < 1.29 is 23.5 Å². The molecule has 0 aromatic heterocycles. The third-order valence-electron chi connectivity index (χ3n) is 6.57. The van der Waals surface area contributed by atoms with E-state index in [-0.39, 0.29) is 30.5 Å². The second-order valence-corrected chi connectivity index (χ2v) is 8.96. The van der Waals surface area contributed by atoms with Crippen molar-refractivity contribution >= 4 is 17.9 Å². The molecule has 1 saturated carbocycles. The van der Waals surface area contributed by atoms with Crippen LogP contribution in [-0.4, -0.2) is 78.5 Å². The van der Waals surface area contributed by atoms with Crippen LogP contribution >= 0.6 is 0 Å². The minimum atomic E-state index is -0.737. The zero-order chi connectivity index (χ0) is 23.7. The van der Waals surface area contributed by atoms with Crippen molar-refractivity contribution in [3.8, 4) is 0 Å². The van der Waals surface area contributed by atoms with E-state index in [4.69, 9.17) is 4.74 Å². The Morgan fingerprint density at radius 1 is 1.18 bits per heavy atom. The number of halogens is 1. The average molecular weight is 459 g/mol. The molecule has 2 fully saturated rings. The molecular formula is C24H31FN4O4. The van der Waals surface area contributed by atoms with Crippen molar-refractivity contribution in [1.29, 1.82) is 0 Å². The predicted molar refractivity (Wildman–Crippen MR) is 119 cm³/mol. The fourth-order valence-corrected chi connectivity index (χ4v) is 4.58. The number of likely N-dealkylation sites (N-methyl/N-ethyl adjacent to an activating group) is 1. The van der Waals surface area contributed by atoms with Crippen LogP contribution in [-0.2, 0) is 14.3 Å². The maximum Gasteiger partial charge on any atom is 0.338 e. The van der Waals surface area contributed by atoms with E-state index in [1.54, 1.807) is 26.1 Å². The minimum absolute atomic E-state index is 0.0501. The summed E-state index contributed by atoms with van der Waals surface area (Å²) in [4.78, 5) is 43.9. The van der Waals surface area contributed by atoms with E-state index in [0.717, 1.165) is 12.8 Å². The summed E-state index contributed by atoms with van der Waals surface area (Å²) < 4.78 is 18.8. The summed E-state index contributed by atoms with van der Waals surface area (Å²) in [6.07, 6.45) is 1.96. The van der Waals surface area contributed by atoms with E-state index in [0.29, 0.717) is 43.0 Å². The molecule has 1 N–H and O–H groups in total. The molecule has 1 saturated heterocycles. The van der Waals surface area contributed by atoms with Gasteiger partial charge in [-0.05, 0) is 44.4 Å². The number of hydrogen-bond donors (Lipinski definition) is 1. The minimum Gasteiger partial charge on any atom is -0.463 e. The van der Waals surface area contributed by atoms with Crippen molar-refractivity contribution in [1.82, 2.24) is 20.0 Å². The van der Waals surface area contributed by atoms with Gasteiger partial charge in [-0.2, -0.15) is 0 Å². The van der Waals surface area contributed by atoms with E-state index in [1.807, 2.05) is 11.8 Å². The highest BCUT2D eigenvalue weighted by atomic mass is 19.1. The number of urea groups is 1. The maximum atomic E-state index is 13.5. The molecular weight excluding hydrogens is 427 g/mol. The van der Waals surface area contributed by atoms with Gasteiger partial charge in [-0.15, -0.1) is 0 Å². The van der Waals surface area contributed by atoms with Gasteiger partial charge in [0.05, 0.1) is 18.2 Å². The van der Waals surface area contributed by atoms with E-state index < -0.39 is 17.8 Å². The fourth-order valence-electron chi connectivity index (χ4n) is 4.58. The molecule has 178 valence electrons. The Kier molecular flexibility index (Phi) is 6.69. The summed E-state index contributed by atoms with van der Waals surface area (Å²) >= 11 is 0. The smallest absolute Gasteiger partial charge is 0.338 e. The topological polar surface area (TPSA) is 82.2 Å². The summed E-state index contributed by atoms with van der Waals surface area (Å²) in [5.74, 6) is -0.488. The molecule has 1 aliphatic carbocycles. The van der Waals surface area contributed by atoms with Crippen LogP contribution < -0.4 is 5.32 Å². The molecule has 0 bridgehead atoms. The molecule has 8 nitrogen and oxygen atoms in total. The second-order valence-electron chi connectivity index (χ2n) is 8.96. The Morgan fingerprint density at radius 3 is 2.48 bits per heavy atom. The molecule has 0 spiro atoms. The lowest BCUT2D eigenvalue weighted by molar-refractivity contribution is -0.139. The van der Waals surface area contributed by atoms with Gasteiger partial charge in [-0.1, -0.05) is 12.1 Å². The number of esters is 1. The molecule has 0 unspecified atom stereocenters. The summed E-state index contributed by atoms with van der Waals surface area (Å²) in [5, 5.41) is 2.84. The van der Waals surface area contributed by atoms with Crippen LogP contribution in [0, 0.1) is 11.7 Å². The Balaban J connectivity index is 1.62. The first-order valence-corrected chi connectivity index (χ1v) is 11.5. The Labute approximate surface area is 193 Å².